The third kappa shape index (κ3) is 2.87. The lowest BCUT2D eigenvalue weighted by molar-refractivity contribution is 0.170. The fraction of sp³-hybridized carbons (Fsp3) is 1.00. The van der Waals surface area contributed by atoms with Crippen molar-refractivity contribution in [3.05, 3.63) is 0 Å². The second-order valence-corrected chi connectivity index (χ2v) is 3.95. The first kappa shape index (κ1) is 15.2. The zero-order valence-electron chi connectivity index (χ0n) is 9.27. The van der Waals surface area contributed by atoms with E-state index in [-0.39, 0.29) is 24.0 Å². The van der Waals surface area contributed by atoms with Crippen molar-refractivity contribution >= 4 is 24.0 Å². The normalized spacial score (nSPS) is 12.0. The predicted octanol–water partition coefficient (Wildman–Crippen LogP) is 3.28. The van der Waals surface area contributed by atoms with Crippen molar-refractivity contribution in [1.29, 1.82) is 0 Å². The van der Waals surface area contributed by atoms with Gasteiger partial charge in [-0.05, 0) is 25.3 Å². The molecule has 0 aromatic carbocycles. The van der Waals surface area contributed by atoms with Crippen LogP contribution in [0.2, 0.25) is 0 Å². The molecule has 12 heavy (non-hydrogen) atoms. The molecule has 0 aromatic heterocycles. The monoisotopic (exact) mass is 285 g/mol. The molecule has 0 atom stereocenters. The van der Waals surface area contributed by atoms with E-state index < -0.39 is 0 Å². The average Bonchev–Trinajstić information content (AvgIpc) is 1.90. The summed E-state index contributed by atoms with van der Waals surface area (Å²) in [6.07, 6.45) is 1.21. The first-order chi connectivity index (χ1) is 5.01. The maximum atomic E-state index is 3.46. The summed E-state index contributed by atoms with van der Waals surface area (Å²) in [5.41, 5.74) is 0.333. The van der Waals surface area contributed by atoms with Crippen molar-refractivity contribution in [1.82, 2.24) is 5.32 Å². The summed E-state index contributed by atoms with van der Waals surface area (Å²) >= 11 is 0. The maximum absolute atomic E-state index is 3.46. The molecule has 0 aliphatic rings. The largest absolute Gasteiger partial charge is 0.314 e. The van der Waals surface area contributed by atoms with Crippen molar-refractivity contribution in [3.63, 3.8) is 0 Å². The van der Waals surface area contributed by atoms with E-state index in [0.717, 1.165) is 0 Å². The van der Waals surface area contributed by atoms with Crippen LogP contribution < -0.4 is 5.32 Å². The molecule has 0 aromatic rings. The summed E-state index contributed by atoms with van der Waals surface area (Å²) in [6.45, 7) is 11.4. The van der Waals surface area contributed by atoms with Gasteiger partial charge < -0.3 is 5.32 Å². The molecule has 2 heteroatoms. The number of hydrogen-bond acceptors (Lipinski definition) is 1. The Hall–Kier alpha value is 0.690. The van der Waals surface area contributed by atoms with E-state index >= 15 is 0 Å². The lowest BCUT2D eigenvalue weighted by Crippen LogP contribution is -2.51. The van der Waals surface area contributed by atoms with Gasteiger partial charge in [-0.15, -0.1) is 24.0 Å². The third-order valence-corrected chi connectivity index (χ3v) is 3.11. The Labute approximate surface area is 94.7 Å². The van der Waals surface area contributed by atoms with Crippen LogP contribution in [0.1, 0.15) is 41.0 Å². The van der Waals surface area contributed by atoms with Crippen LogP contribution in [0.5, 0.6) is 0 Å². The number of rotatable bonds is 4. The molecule has 1 N–H and O–H groups in total. The molecule has 0 heterocycles. The first-order valence-electron chi connectivity index (χ1n) is 4.70. The van der Waals surface area contributed by atoms with Crippen LogP contribution in [0.25, 0.3) is 0 Å². The van der Waals surface area contributed by atoms with Crippen LogP contribution in [0.4, 0.5) is 0 Å². The Morgan fingerprint density at radius 2 is 1.42 bits per heavy atom. The van der Waals surface area contributed by atoms with E-state index in [1.807, 2.05) is 0 Å². The van der Waals surface area contributed by atoms with Crippen LogP contribution in [0, 0.1) is 11.8 Å². The average molecular weight is 285 g/mol. The molecule has 0 radical (unpaired) electrons. The van der Waals surface area contributed by atoms with Crippen molar-refractivity contribution in [2.75, 3.05) is 7.05 Å². The van der Waals surface area contributed by atoms with Gasteiger partial charge in [0, 0.05) is 5.54 Å². The second-order valence-electron chi connectivity index (χ2n) is 3.95. The quantitative estimate of drug-likeness (QED) is 0.782. The van der Waals surface area contributed by atoms with Gasteiger partial charge in [-0.1, -0.05) is 34.6 Å². The van der Waals surface area contributed by atoms with Crippen molar-refractivity contribution in [2.24, 2.45) is 11.8 Å². The lowest BCUT2D eigenvalue weighted by Gasteiger charge is -2.40. The van der Waals surface area contributed by atoms with Gasteiger partial charge >= 0.3 is 0 Å². The fourth-order valence-electron chi connectivity index (χ4n) is 2.24. The van der Waals surface area contributed by atoms with Gasteiger partial charge in [0.15, 0.2) is 0 Å². The third-order valence-electron chi connectivity index (χ3n) is 3.11. The van der Waals surface area contributed by atoms with Crippen molar-refractivity contribution < 1.29 is 0 Å². The summed E-state index contributed by atoms with van der Waals surface area (Å²) in [4.78, 5) is 0. The predicted molar refractivity (Wildman–Crippen MR) is 67.2 cm³/mol. The van der Waals surface area contributed by atoms with Gasteiger partial charge in [0.2, 0.25) is 0 Å². The second kappa shape index (κ2) is 6.19. The summed E-state index contributed by atoms with van der Waals surface area (Å²) in [7, 11) is 2.07. The molecule has 1 nitrogen and oxygen atoms in total. The highest BCUT2D eigenvalue weighted by molar-refractivity contribution is 14.0. The molecule has 0 saturated carbocycles. The highest BCUT2D eigenvalue weighted by Gasteiger charge is 2.32. The molecule has 0 spiro atoms. The number of halogens is 1. The summed E-state index contributed by atoms with van der Waals surface area (Å²) in [5.74, 6) is 1.41. The Morgan fingerprint density at radius 3 is 1.42 bits per heavy atom. The van der Waals surface area contributed by atoms with E-state index in [0.29, 0.717) is 17.4 Å². The van der Waals surface area contributed by atoms with E-state index in [9.17, 15) is 0 Å². The molecule has 0 rings (SSSR count). The van der Waals surface area contributed by atoms with Crippen molar-refractivity contribution in [2.45, 2.75) is 46.6 Å². The molecular weight excluding hydrogens is 261 g/mol. The van der Waals surface area contributed by atoms with Gasteiger partial charge in [0.1, 0.15) is 0 Å². The standard InChI is InChI=1S/C10H23N.HI/c1-7-10(11-6,8(2)3)9(4)5;/h8-9,11H,7H2,1-6H3;1H. The van der Waals surface area contributed by atoms with Crippen molar-refractivity contribution in [3.8, 4) is 0 Å². The minimum atomic E-state index is 0. The van der Waals surface area contributed by atoms with Gasteiger partial charge in [0.05, 0.1) is 0 Å². The molecule has 0 aliphatic heterocycles. The molecule has 0 aliphatic carbocycles. The van der Waals surface area contributed by atoms with E-state index in [1.54, 1.807) is 0 Å². The zero-order chi connectivity index (χ0) is 9.07. The van der Waals surface area contributed by atoms with Crippen LogP contribution in [0.3, 0.4) is 0 Å². The fourth-order valence-corrected chi connectivity index (χ4v) is 2.24. The van der Waals surface area contributed by atoms with Crippen LogP contribution >= 0.6 is 24.0 Å². The first-order valence-corrected chi connectivity index (χ1v) is 4.70. The molecule has 0 unspecified atom stereocenters. The summed E-state index contributed by atoms with van der Waals surface area (Å²) in [6, 6.07) is 0. The topological polar surface area (TPSA) is 12.0 Å². The minimum absolute atomic E-state index is 0. The smallest absolute Gasteiger partial charge is 0.0221 e. The highest BCUT2D eigenvalue weighted by Crippen LogP contribution is 2.28. The Balaban J connectivity index is 0. The van der Waals surface area contributed by atoms with Crippen LogP contribution in [-0.4, -0.2) is 12.6 Å². The van der Waals surface area contributed by atoms with Gasteiger partial charge in [-0.25, -0.2) is 0 Å². The molecular formula is C10H24IN. The molecule has 0 saturated heterocycles. The minimum Gasteiger partial charge on any atom is -0.314 e. The lowest BCUT2D eigenvalue weighted by atomic mass is 9.75. The zero-order valence-corrected chi connectivity index (χ0v) is 11.6. The molecule has 76 valence electrons. The Morgan fingerprint density at radius 1 is 1.08 bits per heavy atom. The SMILES string of the molecule is CCC(NC)(C(C)C)C(C)C.I. The maximum Gasteiger partial charge on any atom is 0.0221 e. The van der Waals surface area contributed by atoms with Gasteiger partial charge in [0.25, 0.3) is 0 Å². The molecule has 0 bridgehead atoms. The van der Waals surface area contributed by atoms with E-state index in [1.165, 1.54) is 6.42 Å². The number of hydrogen-bond donors (Lipinski definition) is 1. The van der Waals surface area contributed by atoms with E-state index in [4.69, 9.17) is 0 Å². The molecule has 0 amide bonds. The van der Waals surface area contributed by atoms with Gasteiger partial charge in [-0.2, -0.15) is 0 Å². The Kier molecular flexibility index (Phi) is 7.83. The summed E-state index contributed by atoms with van der Waals surface area (Å²) < 4.78 is 0. The van der Waals surface area contributed by atoms with Gasteiger partial charge in [-0.3, -0.25) is 0 Å². The summed E-state index contributed by atoms with van der Waals surface area (Å²) in [5, 5.41) is 3.46. The Bertz CT molecular complexity index is 96.4. The van der Waals surface area contributed by atoms with E-state index in [2.05, 4.69) is 47.0 Å². The van der Waals surface area contributed by atoms with Crippen LogP contribution in [0.15, 0.2) is 0 Å². The highest BCUT2D eigenvalue weighted by atomic mass is 127. The molecule has 0 fully saturated rings. The van der Waals surface area contributed by atoms with Crippen LogP contribution in [-0.2, 0) is 0 Å². The number of nitrogens with one attached hydrogen (secondary N) is 1.